The Morgan fingerprint density at radius 1 is 1.15 bits per heavy atom. The Morgan fingerprint density at radius 3 is 2.50 bits per heavy atom. The van der Waals surface area contributed by atoms with Crippen LogP contribution in [0.15, 0.2) is 29.8 Å². The molecule has 3 rings (SSSR count). The number of ketones is 1. The van der Waals surface area contributed by atoms with Gasteiger partial charge in [-0.05, 0) is 44.6 Å². The van der Waals surface area contributed by atoms with Gasteiger partial charge in [-0.2, -0.15) is 0 Å². The number of hydrogen-bond acceptors (Lipinski definition) is 2. The molecule has 2 saturated carbocycles. The first-order valence-electron chi connectivity index (χ1n) is 7.60. The third-order valence-corrected chi connectivity index (χ3v) is 5.00. The van der Waals surface area contributed by atoms with Gasteiger partial charge in [-0.3, -0.25) is 4.79 Å². The van der Waals surface area contributed by atoms with Crippen molar-refractivity contribution in [2.24, 2.45) is 5.41 Å². The molecule has 2 fully saturated rings. The van der Waals surface area contributed by atoms with E-state index >= 15 is 0 Å². The molecule has 0 aromatic heterocycles. The van der Waals surface area contributed by atoms with E-state index in [-0.39, 0.29) is 11.2 Å². The van der Waals surface area contributed by atoms with Gasteiger partial charge in [0.25, 0.3) is 0 Å². The van der Waals surface area contributed by atoms with Crippen LogP contribution in [0.3, 0.4) is 0 Å². The number of benzene rings is 1. The predicted octanol–water partition coefficient (Wildman–Crippen LogP) is 3.66. The third kappa shape index (κ3) is 2.22. The molecular weight excluding hydrogens is 248 g/mol. The van der Waals surface area contributed by atoms with E-state index in [0.29, 0.717) is 6.42 Å². The van der Waals surface area contributed by atoms with Gasteiger partial charge in [0.15, 0.2) is 5.78 Å². The number of hydrogen-bond donors (Lipinski definition) is 1. The molecule has 2 aliphatic rings. The predicted molar refractivity (Wildman–Crippen MR) is 80.3 cm³/mol. The number of carbonyl (C=O) groups is 1. The molecule has 1 aromatic rings. The second-order valence-electron chi connectivity index (χ2n) is 6.31. The van der Waals surface area contributed by atoms with E-state index in [0.717, 1.165) is 32.1 Å². The van der Waals surface area contributed by atoms with Crippen LogP contribution in [-0.2, 0) is 4.79 Å². The van der Waals surface area contributed by atoms with Gasteiger partial charge >= 0.3 is 0 Å². The average molecular weight is 270 g/mol. The lowest BCUT2D eigenvalue weighted by Crippen LogP contribution is -2.43. The van der Waals surface area contributed by atoms with E-state index in [2.05, 4.69) is 37.3 Å². The molecule has 2 heteroatoms. The fourth-order valence-corrected chi connectivity index (χ4v) is 3.84. The van der Waals surface area contributed by atoms with Crippen molar-refractivity contribution in [1.29, 1.82) is 0 Å². The summed E-state index contributed by atoms with van der Waals surface area (Å²) in [5.74, 6) is 0.0351. The summed E-state index contributed by atoms with van der Waals surface area (Å²) in [5.41, 5.74) is 3.44. The maximum absolute atomic E-state index is 11.9. The van der Waals surface area contributed by atoms with E-state index in [1.807, 2.05) is 0 Å². The summed E-state index contributed by atoms with van der Waals surface area (Å²) in [6, 6.07) is 8.45. The van der Waals surface area contributed by atoms with E-state index < -0.39 is 6.10 Å². The van der Waals surface area contributed by atoms with Crippen molar-refractivity contribution in [2.75, 3.05) is 0 Å². The topological polar surface area (TPSA) is 37.3 Å². The van der Waals surface area contributed by atoms with Gasteiger partial charge in [0.1, 0.15) is 6.10 Å². The highest BCUT2D eigenvalue weighted by Gasteiger charge is 2.48. The van der Waals surface area contributed by atoms with Crippen LogP contribution >= 0.6 is 0 Å². The van der Waals surface area contributed by atoms with E-state index in [1.54, 1.807) is 0 Å². The van der Waals surface area contributed by atoms with Crippen LogP contribution in [0.5, 0.6) is 0 Å². The molecule has 1 aromatic carbocycles. The molecule has 106 valence electrons. The number of Topliss-reactive ketones (excluding diaryl/α,β-unsaturated/α-hetero) is 1. The van der Waals surface area contributed by atoms with Crippen LogP contribution in [0.1, 0.15) is 49.7 Å². The Balaban J connectivity index is 1.95. The van der Waals surface area contributed by atoms with E-state index in [1.165, 1.54) is 16.7 Å². The van der Waals surface area contributed by atoms with Crippen molar-refractivity contribution < 1.29 is 9.90 Å². The van der Waals surface area contributed by atoms with Crippen molar-refractivity contribution in [1.82, 2.24) is 0 Å². The number of aliphatic hydroxyl groups excluding tert-OH is 1. The van der Waals surface area contributed by atoms with E-state index in [4.69, 9.17) is 0 Å². The maximum Gasteiger partial charge on any atom is 0.162 e. The maximum atomic E-state index is 11.9. The molecule has 2 atom stereocenters. The van der Waals surface area contributed by atoms with E-state index in [9.17, 15) is 9.90 Å². The van der Waals surface area contributed by atoms with Crippen molar-refractivity contribution in [3.8, 4) is 0 Å². The van der Waals surface area contributed by atoms with Crippen molar-refractivity contribution >= 4 is 11.9 Å². The second kappa shape index (κ2) is 5.17. The summed E-state index contributed by atoms with van der Waals surface area (Å²) in [6.45, 7) is 2.08. The third-order valence-electron chi connectivity index (χ3n) is 5.00. The van der Waals surface area contributed by atoms with Crippen LogP contribution in [0.25, 0.3) is 6.08 Å². The fourth-order valence-electron chi connectivity index (χ4n) is 3.84. The Labute approximate surface area is 120 Å². The normalized spacial score (nSPS) is 32.2. The summed E-state index contributed by atoms with van der Waals surface area (Å²) in [4.78, 5) is 11.9. The van der Waals surface area contributed by atoms with Crippen LogP contribution < -0.4 is 0 Å². The van der Waals surface area contributed by atoms with Crippen molar-refractivity contribution in [2.45, 2.75) is 51.6 Å². The Morgan fingerprint density at radius 2 is 1.80 bits per heavy atom. The van der Waals surface area contributed by atoms with Crippen molar-refractivity contribution in [3.63, 3.8) is 0 Å². The van der Waals surface area contributed by atoms with Crippen LogP contribution in [0.2, 0.25) is 0 Å². The molecule has 0 radical (unpaired) electrons. The first kappa shape index (κ1) is 13.6. The largest absolute Gasteiger partial charge is 0.384 e. The van der Waals surface area contributed by atoms with Gasteiger partial charge in [0, 0.05) is 11.8 Å². The minimum atomic E-state index is -0.782. The number of rotatable bonds is 1. The summed E-state index contributed by atoms with van der Waals surface area (Å²) in [6.07, 6.45) is 6.89. The zero-order valence-electron chi connectivity index (χ0n) is 12.1. The number of aryl methyl sites for hydroxylation is 1. The molecule has 2 nitrogen and oxygen atoms in total. The number of carbonyl (C=O) groups excluding carboxylic acids is 1. The van der Waals surface area contributed by atoms with Crippen LogP contribution in [0.4, 0.5) is 0 Å². The fraction of sp³-hybridized carbons (Fsp3) is 0.500. The van der Waals surface area contributed by atoms with Gasteiger partial charge in [-0.25, -0.2) is 0 Å². The number of aliphatic hydroxyl groups is 1. The molecule has 1 spiro atoms. The highest BCUT2D eigenvalue weighted by molar-refractivity contribution is 5.85. The molecule has 20 heavy (non-hydrogen) atoms. The molecule has 0 amide bonds. The summed E-state index contributed by atoms with van der Waals surface area (Å²) in [5, 5.41) is 10.4. The first-order chi connectivity index (χ1) is 9.62. The minimum Gasteiger partial charge on any atom is -0.384 e. The highest BCUT2D eigenvalue weighted by atomic mass is 16.3. The molecule has 0 saturated heterocycles. The molecule has 1 N–H and O–H groups in total. The molecule has 2 aliphatic carbocycles. The quantitative estimate of drug-likeness (QED) is 0.845. The lowest BCUT2D eigenvalue weighted by Gasteiger charge is -2.38. The van der Waals surface area contributed by atoms with Gasteiger partial charge in [-0.15, -0.1) is 0 Å². The average Bonchev–Trinajstić information content (AvgIpc) is 2.82. The molecule has 0 bridgehead atoms. The molecular formula is C18H22O2. The molecule has 0 heterocycles. The molecule has 0 unspecified atom stereocenters. The van der Waals surface area contributed by atoms with Crippen LogP contribution in [0, 0.1) is 12.3 Å². The van der Waals surface area contributed by atoms with Crippen molar-refractivity contribution in [3.05, 3.63) is 41.0 Å². The summed E-state index contributed by atoms with van der Waals surface area (Å²) >= 11 is 0. The Bertz CT molecular complexity index is 541. The second-order valence-corrected chi connectivity index (χ2v) is 6.31. The lowest BCUT2D eigenvalue weighted by atomic mass is 9.67. The first-order valence-corrected chi connectivity index (χ1v) is 7.60. The zero-order valence-corrected chi connectivity index (χ0v) is 12.1. The van der Waals surface area contributed by atoms with Crippen LogP contribution in [-0.4, -0.2) is 17.0 Å². The van der Waals surface area contributed by atoms with Gasteiger partial charge < -0.3 is 5.11 Å². The standard InChI is InChI=1S/C18H22O2/c1-13-6-8-14(9-7-13)12-15-4-2-10-18(15)11-3-5-16(19)17(18)20/h6-9,12,17,20H,2-5,10-11H2,1H3/b15-12+/t17-,18+/m0/s1. The monoisotopic (exact) mass is 270 g/mol. The summed E-state index contributed by atoms with van der Waals surface area (Å²) in [7, 11) is 0. The lowest BCUT2D eigenvalue weighted by molar-refractivity contribution is -0.136. The minimum absolute atomic E-state index is 0.0351. The highest BCUT2D eigenvalue weighted by Crippen LogP contribution is 2.52. The smallest absolute Gasteiger partial charge is 0.162 e. The Kier molecular flexibility index (Phi) is 3.51. The van der Waals surface area contributed by atoms with Gasteiger partial charge in [-0.1, -0.05) is 41.5 Å². The van der Waals surface area contributed by atoms with Gasteiger partial charge in [0.05, 0.1) is 0 Å². The molecule has 0 aliphatic heterocycles. The van der Waals surface area contributed by atoms with Gasteiger partial charge in [0.2, 0.25) is 0 Å². The zero-order chi connectivity index (χ0) is 14.2. The Hall–Kier alpha value is -1.41. The SMILES string of the molecule is Cc1ccc(/C=C2\CCC[C@@]23CCCC(=O)[C@@H]3O)cc1. The summed E-state index contributed by atoms with van der Waals surface area (Å²) < 4.78 is 0.